The first-order valence-electron chi connectivity index (χ1n) is 5.44. The topological polar surface area (TPSA) is 55.4 Å². The predicted molar refractivity (Wildman–Crippen MR) is 62.8 cm³/mol. The lowest BCUT2D eigenvalue weighted by Gasteiger charge is -2.02. The number of rotatable bonds is 8. The van der Waals surface area contributed by atoms with Crippen LogP contribution >= 0.6 is 0 Å². The van der Waals surface area contributed by atoms with Crippen LogP contribution in [0.15, 0.2) is 24.8 Å². The molecule has 1 amide bonds. The molecule has 0 saturated heterocycles. The fraction of sp³-hybridized carbons (Fsp3) is 0.500. The highest BCUT2D eigenvalue weighted by atomic mass is 16.5. The Morgan fingerprint density at radius 3 is 2.81 bits per heavy atom. The molecule has 16 heavy (non-hydrogen) atoms. The molecule has 90 valence electrons. The predicted octanol–water partition coefficient (Wildman–Crippen LogP) is 1.58. The molecule has 0 aliphatic rings. The molecule has 0 fully saturated rings. The lowest BCUT2D eigenvalue weighted by Crippen LogP contribution is -2.26. The molecule has 0 aromatic carbocycles. The molecule has 1 N–H and O–H groups in total. The molecule has 0 unspecified atom stereocenters. The van der Waals surface area contributed by atoms with E-state index in [0.29, 0.717) is 6.54 Å². The highest BCUT2D eigenvalue weighted by molar-refractivity contribution is 5.87. The summed E-state index contributed by atoms with van der Waals surface area (Å²) in [6, 6.07) is 0. The third-order valence-corrected chi connectivity index (χ3v) is 1.81. The highest BCUT2D eigenvalue weighted by Crippen LogP contribution is 1.94. The molecule has 0 aromatic rings. The second kappa shape index (κ2) is 9.96. The highest BCUT2D eigenvalue weighted by Gasteiger charge is 1.96. The summed E-state index contributed by atoms with van der Waals surface area (Å²) in [5.41, 5.74) is 0. The average Bonchev–Trinajstić information content (AvgIpc) is 2.30. The monoisotopic (exact) mass is 225 g/mol. The molecular weight excluding hydrogens is 206 g/mol. The third kappa shape index (κ3) is 8.99. The molecule has 0 radical (unpaired) electrons. The molecule has 0 aromatic heterocycles. The summed E-state index contributed by atoms with van der Waals surface area (Å²) in [6.45, 7) is 5.84. The van der Waals surface area contributed by atoms with Gasteiger partial charge in [0, 0.05) is 6.08 Å². The average molecular weight is 225 g/mol. The molecule has 0 rings (SSSR count). The molecule has 0 atom stereocenters. The van der Waals surface area contributed by atoms with Gasteiger partial charge in [0.15, 0.2) is 0 Å². The van der Waals surface area contributed by atoms with Crippen LogP contribution in [0.2, 0.25) is 0 Å². The number of unbranched alkanes of at least 4 members (excludes halogenated alkanes) is 2. The zero-order valence-corrected chi connectivity index (χ0v) is 9.70. The van der Waals surface area contributed by atoms with Crippen LogP contribution in [-0.4, -0.2) is 25.0 Å². The van der Waals surface area contributed by atoms with E-state index < -0.39 is 5.97 Å². The molecule has 0 heterocycles. The fourth-order valence-corrected chi connectivity index (χ4v) is 0.956. The maximum atomic E-state index is 11.2. The lowest BCUT2D eigenvalue weighted by atomic mass is 10.2. The van der Waals surface area contributed by atoms with Gasteiger partial charge in [0.1, 0.15) is 6.61 Å². The first-order chi connectivity index (χ1) is 7.70. The number of carbonyl (C=O) groups is 2. The van der Waals surface area contributed by atoms with Crippen LogP contribution in [0, 0.1) is 0 Å². The van der Waals surface area contributed by atoms with E-state index in [0.717, 1.165) is 25.3 Å². The van der Waals surface area contributed by atoms with Crippen molar-refractivity contribution < 1.29 is 14.3 Å². The van der Waals surface area contributed by atoms with Gasteiger partial charge in [-0.05, 0) is 12.5 Å². The van der Waals surface area contributed by atoms with Crippen LogP contribution in [0.25, 0.3) is 0 Å². The maximum absolute atomic E-state index is 11.2. The smallest absolute Gasteiger partial charge is 0.330 e. The zero-order valence-electron chi connectivity index (χ0n) is 9.70. The summed E-state index contributed by atoms with van der Waals surface area (Å²) < 4.78 is 4.69. The number of carbonyl (C=O) groups excluding carboxylic acids is 2. The molecular formula is C12H19NO3. The molecule has 0 aliphatic carbocycles. The number of allylic oxidation sites excluding steroid dienone is 1. The molecule has 4 nitrogen and oxygen atoms in total. The van der Waals surface area contributed by atoms with E-state index in [1.807, 2.05) is 6.08 Å². The number of amides is 1. The molecule has 4 heteroatoms. The Balaban J connectivity index is 3.47. The van der Waals surface area contributed by atoms with Crippen molar-refractivity contribution in [3.05, 3.63) is 24.8 Å². The Labute approximate surface area is 96.4 Å². The molecule has 0 bridgehead atoms. The minimum absolute atomic E-state index is 0.161. The third-order valence-electron chi connectivity index (χ3n) is 1.81. The van der Waals surface area contributed by atoms with E-state index in [2.05, 4.69) is 23.6 Å². The quantitative estimate of drug-likeness (QED) is 0.387. The van der Waals surface area contributed by atoms with Crippen LogP contribution < -0.4 is 5.32 Å². The standard InChI is InChI=1S/C12H19NO3/c1-3-5-6-7-8-11(14)13-9-10-16-12(15)4-2/h4,7-8H,2-3,5-6,9-10H2,1H3,(H,13,14). The van der Waals surface area contributed by atoms with E-state index in [-0.39, 0.29) is 12.5 Å². The van der Waals surface area contributed by atoms with Gasteiger partial charge in [0.2, 0.25) is 5.91 Å². The lowest BCUT2D eigenvalue weighted by molar-refractivity contribution is -0.138. The zero-order chi connectivity index (χ0) is 12.2. The number of hydrogen-bond acceptors (Lipinski definition) is 3. The fourth-order valence-electron chi connectivity index (χ4n) is 0.956. The minimum atomic E-state index is -0.479. The number of nitrogens with one attached hydrogen (secondary N) is 1. The van der Waals surface area contributed by atoms with Crippen molar-refractivity contribution in [3.8, 4) is 0 Å². The van der Waals surface area contributed by atoms with E-state index in [4.69, 9.17) is 0 Å². The maximum Gasteiger partial charge on any atom is 0.330 e. The van der Waals surface area contributed by atoms with E-state index in [9.17, 15) is 9.59 Å². The van der Waals surface area contributed by atoms with Gasteiger partial charge < -0.3 is 10.1 Å². The van der Waals surface area contributed by atoms with Crippen molar-refractivity contribution in [3.63, 3.8) is 0 Å². The Morgan fingerprint density at radius 1 is 1.44 bits per heavy atom. The Hall–Kier alpha value is -1.58. The Morgan fingerprint density at radius 2 is 2.19 bits per heavy atom. The van der Waals surface area contributed by atoms with E-state index in [1.165, 1.54) is 6.08 Å². The van der Waals surface area contributed by atoms with Crippen molar-refractivity contribution in [2.45, 2.75) is 26.2 Å². The summed E-state index contributed by atoms with van der Waals surface area (Å²) in [5.74, 6) is -0.640. The van der Waals surface area contributed by atoms with Crippen molar-refractivity contribution >= 4 is 11.9 Å². The second-order valence-electron chi connectivity index (χ2n) is 3.21. The number of hydrogen-bond donors (Lipinski definition) is 1. The second-order valence-corrected chi connectivity index (χ2v) is 3.21. The van der Waals surface area contributed by atoms with Crippen molar-refractivity contribution in [1.82, 2.24) is 5.32 Å². The van der Waals surface area contributed by atoms with Gasteiger partial charge in [0.05, 0.1) is 6.54 Å². The molecule has 0 spiro atoms. The first-order valence-corrected chi connectivity index (χ1v) is 5.44. The van der Waals surface area contributed by atoms with Gasteiger partial charge >= 0.3 is 5.97 Å². The SMILES string of the molecule is C=CC(=O)OCCNC(=O)C=CCCCC. The van der Waals surface area contributed by atoms with Gasteiger partial charge in [0.25, 0.3) is 0 Å². The van der Waals surface area contributed by atoms with Crippen LogP contribution in [0.1, 0.15) is 26.2 Å². The van der Waals surface area contributed by atoms with Crippen LogP contribution in [0.5, 0.6) is 0 Å². The number of esters is 1. The van der Waals surface area contributed by atoms with Gasteiger partial charge in [-0.2, -0.15) is 0 Å². The van der Waals surface area contributed by atoms with Crippen LogP contribution in [0.3, 0.4) is 0 Å². The van der Waals surface area contributed by atoms with Crippen LogP contribution in [0.4, 0.5) is 0 Å². The minimum Gasteiger partial charge on any atom is -0.461 e. The van der Waals surface area contributed by atoms with Crippen molar-refractivity contribution in [2.24, 2.45) is 0 Å². The van der Waals surface area contributed by atoms with Gasteiger partial charge in [-0.1, -0.05) is 32.4 Å². The first kappa shape index (κ1) is 14.4. The van der Waals surface area contributed by atoms with Gasteiger partial charge in [-0.15, -0.1) is 0 Å². The van der Waals surface area contributed by atoms with Gasteiger partial charge in [-0.25, -0.2) is 4.79 Å². The summed E-state index contributed by atoms with van der Waals surface area (Å²) in [4.78, 5) is 21.8. The van der Waals surface area contributed by atoms with E-state index >= 15 is 0 Å². The van der Waals surface area contributed by atoms with Crippen LogP contribution in [-0.2, 0) is 14.3 Å². The summed E-state index contributed by atoms with van der Waals surface area (Å²) in [5, 5.41) is 2.60. The Kier molecular flexibility index (Phi) is 8.97. The molecule has 0 saturated carbocycles. The van der Waals surface area contributed by atoms with Crippen molar-refractivity contribution in [2.75, 3.05) is 13.2 Å². The number of ether oxygens (including phenoxy) is 1. The van der Waals surface area contributed by atoms with Gasteiger partial charge in [-0.3, -0.25) is 4.79 Å². The summed E-state index contributed by atoms with van der Waals surface area (Å²) in [6.07, 6.45) is 7.55. The normalized spacial score (nSPS) is 10.1. The Bertz CT molecular complexity index is 259. The summed E-state index contributed by atoms with van der Waals surface area (Å²) in [7, 11) is 0. The van der Waals surface area contributed by atoms with Crippen molar-refractivity contribution in [1.29, 1.82) is 0 Å². The summed E-state index contributed by atoms with van der Waals surface area (Å²) >= 11 is 0. The van der Waals surface area contributed by atoms with E-state index in [1.54, 1.807) is 0 Å². The molecule has 0 aliphatic heterocycles. The largest absolute Gasteiger partial charge is 0.461 e.